The molecular weight excluding hydrogens is 208 g/mol. The van der Waals surface area contributed by atoms with Gasteiger partial charge in [-0.1, -0.05) is 26.0 Å². The first-order valence-corrected chi connectivity index (χ1v) is 5.45. The SMILES string of the molecule is CC(C)C(NC(=O)NC1CC=CC1)C(=O)O. The summed E-state index contributed by atoms with van der Waals surface area (Å²) >= 11 is 0. The Morgan fingerprint density at radius 2 is 1.88 bits per heavy atom. The third-order valence-electron chi connectivity index (χ3n) is 2.56. The highest BCUT2D eigenvalue weighted by molar-refractivity contribution is 5.82. The van der Waals surface area contributed by atoms with Crippen molar-refractivity contribution in [1.29, 1.82) is 0 Å². The molecule has 0 aliphatic heterocycles. The number of aliphatic carboxylic acids is 1. The van der Waals surface area contributed by atoms with Crippen molar-refractivity contribution in [2.45, 2.75) is 38.8 Å². The summed E-state index contributed by atoms with van der Waals surface area (Å²) in [4.78, 5) is 22.4. The Bertz CT molecular complexity index is 292. The second-order valence-corrected chi connectivity index (χ2v) is 4.32. The van der Waals surface area contributed by atoms with Gasteiger partial charge in [0.05, 0.1) is 0 Å². The fraction of sp³-hybridized carbons (Fsp3) is 0.636. The summed E-state index contributed by atoms with van der Waals surface area (Å²) in [6.45, 7) is 3.52. The van der Waals surface area contributed by atoms with Crippen LogP contribution < -0.4 is 10.6 Å². The van der Waals surface area contributed by atoms with Crippen molar-refractivity contribution in [3.05, 3.63) is 12.2 Å². The number of urea groups is 1. The summed E-state index contributed by atoms with van der Waals surface area (Å²) < 4.78 is 0. The number of nitrogens with one attached hydrogen (secondary N) is 2. The van der Waals surface area contributed by atoms with E-state index in [1.54, 1.807) is 13.8 Å². The fourth-order valence-electron chi connectivity index (χ4n) is 1.62. The van der Waals surface area contributed by atoms with Gasteiger partial charge in [-0.25, -0.2) is 9.59 Å². The van der Waals surface area contributed by atoms with Gasteiger partial charge >= 0.3 is 12.0 Å². The summed E-state index contributed by atoms with van der Waals surface area (Å²) in [5.74, 6) is -1.14. The quantitative estimate of drug-likeness (QED) is 0.628. The minimum absolute atomic E-state index is 0.0987. The van der Waals surface area contributed by atoms with Gasteiger partial charge in [0, 0.05) is 6.04 Å². The molecule has 1 unspecified atom stereocenters. The summed E-state index contributed by atoms with van der Waals surface area (Å²) in [6.07, 6.45) is 5.63. The highest BCUT2D eigenvalue weighted by Crippen LogP contribution is 2.09. The predicted molar refractivity (Wildman–Crippen MR) is 60.1 cm³/mol. The molecule has 0 aromatic heterocycles. The van der Waals surface area contributed by atoms with Crippen LogP contribution in [0.25, 0.3) is 0 Å². The molecule has 16 heavy (non-hydrogen) atoms. The maximum atomic E-state index is 11.5. The number of rotatable bonds is 4. The van der Waals surface area contributed by atoms with Crippen molar-refractivity contribution in [3.63, 3.8) is 0 Å². The molecule has 0 spiro atoms. The first kappa shape index (κ1) is 12.5. The Kier molecular flexibility index (Phi) is 4.34. The lowest BCUT2D eigenvalue weighted by Crippen LogP contribution is -2.50. The summed E-state index contributed by atoms with van der Waals surface area (Å²) in [6, 6.07) is -1.15. The van der Waals surface area contributed by atoms with Crippen LogP contribution in [0, 0.1) is 5.92 Å². The molecule has 0 radical (unpaired) electrons. The molecule has 1 rings (SSSR count). The van der Waals surface area contributed by atoms with E-state index in [1.165, 1.54) is 0 Å². The highest BCUT2D eigenvalue weighted by Gasteiger charge is 2.24. The second-order valence-electron chi connectivity index (χ2n) is 4.32. The minimum Gasteiger partial charge on any atom is -0.480 e. The van der Waals surface area contributed by atoms with E-state index >= 15 is 0 Å². The van der Waals surface area contributed by atoms with E-state index in [0.29, 0.717) is 0 Å². The minimum atomic E-state index is -1.00. The zero-order valence-electron chi connectivity index (χ0n) is 9.56. The number of hydrogen-bond acceptors (Lipinski definition) is 2. The van der Waals surface area contributed by atoms with E-state index < -0.39 is 18.0 Å². The van der Waals surface area contributed by atoms with Gasteiger partial charge in [-0.3, -0.25) is 0 Å². The van der Waals surface area contributed by atoms with Gasteiger partial charge in [-0.2, -0.15) is 0 Å². The van der Waals surface area contributed by atoms with Crippen LogP contribution in [-0.2, 0) is 4.79 Å². The first-order chi connectivity index (χ1) is 7.50. The molecular formula is C11H18N2O3. The van der Waals surface area contributed by atoms with Gasteiger partial charge < -0.3 is 15.7 Å². The van der Waals surface area contributed by atoms with E-state index in [9.17, 15) is 9.59 Å². The summed E-state index contributed by atoms with van der Waals surface area (Å²) in [5, 5.41) is 14.1. The molecule has 0 fully saturated rings. The number of carboxylic acids is 1. The van der Waals surface area contributed by atoms with Gasteiger partial charge in [0.1, 0.15) is 6.04 Å². The highest BCUT2D eigenvalue weighted by atomic mass is 16.4. The smallest absolute Gasteiger partial charge is 0.326 e. The fourth-order valence-corrected chi connectivity index (χ4v) is 1.62. The largest absolute Gasteiger partial charge is 0.480 e. The molecule has 3 N–H and O–H groups in total. The molecule has 1 atom stereocenters. The van der Waals surface area contributed by atoms with E-state index in [2.05, 4.69) is 10.6 Å². The lowest BCUT2D eigenvalue weighted by atomic mass is 10.1. The number of carbonyl (C=O) groups excluding carboxylic acids is 1. The van der Waals surface area contributed by atoms with Crippen LogP contribution in [0.4, 0.5) is 4.79 Å². The number of carbonyl (C=O) groups is 2. The van der Waals surface area contributed by atoms with Gasteiger partial charge in [0.25, 0.3) is 0 Å². The number of carboxylic acid groups (broad SMARTS) is 1. The second kappa shape index (κ2) is 5.53. The van der Waals surface area contributed by atoms with Gasteiger partial charge in [-0.15, -0.1) is 0 Å². The van der Waals surface area contributed by atoms with Crippen molar-refractivity contribution in [1.82, 2.24) is 10.6 Å². The summed E-state index contributed by atoms with van der Waals surface area (Å²) in [7, 11) is 0. The van der Waals surface area contributed by atoms with Crippen molar-refractivity contribution < 1.29 is 14.7 Å². The topological polar surface area (TPSA) is 78.4 Å². The van der Waals surface area contributed by atoms with E-state index in [1.807, 2.05) is 12.2 Å². The van der Waals surface area contributed by atoms with Gasteiger partial charge in [0.2, 0.25) is 0 Å². The normalized spacial score (nSPS) is 17.4. The zero-order chi connectivity index (χ0) is 12.1. The Hall–Kier alpha value is -1.52. The van der Waals surface area contributed by atoms with Crippen LogP contribution in [0.5, 0.6) is 0 Å². The molecule has 2 amide bonds. The van der Waals surface area contributed by atoms with Crippen LogP contribution >= 0.6 is 0 Å². The van der Waals surface area contributed by atoms with E-state index in [-0.39, 0.29) is 12.0 Å². The van der Waals surface area contributed by atoms with Crippen LogP contribution in [0.15, 0.2) is 12.2 Å². The monoisotopic (exact) mass is 226 g/mol. The molecule has 0 saturated carbocycles. The molecule has 0 bridgehead atoms. The molecule has 5 heteroatoms. The van der Waals surface area contributed by atoms with Crippen LogP contribution in [0.1, 0.15) is 26.7 Å². The Labute approximate surface area is 94.9 Å². The Balaban J connectivity index is 2.39. The van der Waals surface area contributed by atoms with Gasteiger partial charge in [0.15, 0.2) is 0 Å². The molecule has 0 aromatic carbocycles. The maximum absolute atomic E-state index is 11.5. The predicted octanol–water partition coefficient (Wildman–Crippen LogP) is 1.11. The van der Waals surface area contributed by atoms with Crippen LogP contribution in [-0.4, -0.2) is 29.2 Å². The first-order valence-electron chi connectivity index (χ1n) is 5.45. The molecule has 5 nitrogen and oxygen atoms in total. The third-order valence-corrected chi connectivity index (χ3v) is 2.56. The Morgan fingerprint density at radius 3 is 2.31 bits per heavy atom. The molecule has 0 aromatic rings. The van der Waals surface area contributed by atoms with E-state index in [4.69, 9.17) is 5.11 Å². The standard InChI is InChI=1S/C11H18N2O3/c1-7(2)9(10(14)15)13-11(16)12-8-5-3-4-6-8/h3-4,7-9H,5-6H2,1-2H3,(H,14,15)(H2,12,13,16). The Morgan fingerprint density at radius 1 is 1.31 bits per heavy atom. The van der Waals surface area contributed by atoms with Crippen molar-refractivity contribution >= 4 is 12.0 Å². The van der Waals surface area contributed by atoms with E-state index in [0.717, 1.165) is 12.8 Å². The number of hydrogen-bond donors (Lipinski definition) is 3. The number of amides is 2. The molecule has 0 heterocycles. The molecule has 90 valence electrons. The maximum Gasteiger partial charge on any atom is 0.326 e. The van der Waals surface area contributed by atoms with Crippen molar-refractivity contribution in [3.8, 4) is 0 Å². The van der Waals surface area contributed by atoms with Crippen LogP contribution in [0.3, 0.4) is 0 Å². The van der Waals surface area contributed by atoms with Crippen LogP contribution in [0.2, 0.25) is 0 Å². The average molecular weight is 226 g/mol. The average Bonchev–Trinajstić information content (AvgIpc) is 2.65. The van der Waals surface area contributed by atoms with Crippen molar-refractivity contribution in [2.75, 3.05) is 0 Å². The lowest BCUT2D eigenvalue weighted by molar-refractivity contribution is -0.140. The third kappa shape index (κ3) is 3.56. The lowest BCUT2D eigenvalue weighted by Gasteiger charge is -2.20. The summed E-state index contributed by atoms with van der Waals surface area (Å²) in [5.41, 5.74) is 0. The zero-order valence-corrected chi connectivity index (χ0v) is 9.56. The molecule has 0 saturated heterocycles. The molecule has 1 aliphatic rings. The van der Waals surface area contributed by atoms with Gasteiger partial charge in [-0.05, 0) is 18.8 Å². The van der Waals surface area contributed by atoms with Crippen molar-refractivity contribution in [2.24, 2.45) is 5.92 Å². The molecule has 1 aliphatic carbocycles.